The second kappa shape index (κ2) is 4.43. The SMILES string of the molecule is CN1[C@H]2CC[C@H]1CN(Cc1nccs1)CC2. The molecule has 0 unspecified atom stereocenters. The minimum Gasteiger partial charge on any atom is -0.299 e. The predicted octanol–water partition coefficient (Wildman–Crippen LogP) is 1.81. The lowest BCUT2D eigenvalue weighted by Crippen LogP contribution is -2.36. The summed E-state index contributed by atoms with van der Waals surface area (Å²) in [5, 5.41) is 3.34. The van der Waals surface area contributed by atoms with Crippen molar-refractivity contribution in [3.8, 4) is 0 Å². The molecule has 0 saturated carbocycles. The molecule has 1 aromatic rings. The Bertz CT molecular complexity index is 338. The van der Waals surface area contributed by atoms with Gasteiger partial charge < -0.3 is 0 Å². The number of likely N-dealkylation sites (tertiary alicyclic amines) is 1. The summed E-state index contributed by atoms with van der Waals surface area (Å²) in [7, 11) is 2.30. The maximum Gasteiger partial charge on any atom is 0.107 e. The molecule has 1 aromatic heterocycles. The van der Waals surface area contributed by atoms with E-state index in [4.69, 9.17) is 0 Å². The van der Waals surface area contributed by atoms with Crippen LogP contribution in [0.4, 0.5) is 0 Å². The van der Waals surface area contributed by atoms with Crippen LogP contribution in [0.2, 0.25) is 0 Å². The Morgan fingerprint density at radius 2 is 2.25 bits per heavy atom. The predicted molar refractivity (Wildman–Crippen MR) is 66.6 cm³/mol. The molecule has 2 atom stereocenters. The number of hydrogen-bond donors (Lipinski definition) is 0. The summed E-state index contributed by atoms with van der Waals surface area (Å²) in [6, 6.07) is 1.62. The molecule has 0 radical (unpaired) electrons. The van der Waals surface area contributed by atoms with Gasteiger partial charge in [0.05, 0.1) is 6.54 Å². The van der Waals surface area contributed by atoms with Gasteiger partial charge in [0.25, 0.3) is 0 Å². The minimum absolute atomic E-state index is 0.785. The number of hydrogen-bond acceptors (Lipinski definition) is 4. The molecule has 2 bridgehead atoms. The van der Waals surface area contributed by atoms with Crippen molar-refractivity contribution in [3.05, 3.63) is 16.6 Å². The summed E-state index contributed by atoms with van der Waals surface area (Å²) in [6.07, 6.45) is 6.04. The highest BCUT2D eigenvalue weighted by Gasteiger charge is 2.34. The van der Waals surface area contributed by atoms with E-state index in [2.05, 4.69) is 27.2 Å². The first kappa shape index (κ1) is 10.7. The fourth-order valence-corrected chi connectivity index (χ4v) is 3.70. The third-order valence-corrected chi connectivity index (χ3v) is 4.84. The van der Waals surface area contributed by atoms with E-state index in [1.165, 1.54) is 37.4 Å². The summed E-state index contributed by atoms with van der Waals surface area (Å²) < 4.78 is 0. The van der Waals surface area contributed by atoms with Crippen LogP contribution >= 0.6 is 11.3 Å². The van der Waals surface area contributed by atoms with Crippen LogP contribution in [0.1, 0.15) is 24.3 Å². The van der Waals surface area contributed by atoms with Crippen LogP contribution in [-0.4, -0.2) is 47.0 Å². The molecule has 3 nitrogen and oxygen atoms in total. The van der Waals surface area contributed by atoms with E-state index < -0.39 is 0 Å². The third-order valence-electron chi connectivity index (χ3n) is 4.07. The van der Waals surface area contributed by atoms with E-state index in [1.54, 1.807) is 11.3 Å². The maximum atomic E-state index is 4.39. The van der Waals surface area contributed by atoms with E-state index in [1.807, 2.05) is 6.20 Å². The molecule has 2 saturated heterocycles. The van der Waals surface area contributed by atoms with Gasteiger partial charge in [0.2, 0.25) is 0 Å². The van der Waals surface area contributed by atoms with E-state index in [-0.39, 0.29) is 0 Å². The standard InChI is InChI=1S/C12H19N3S/c1-14-10-2-3-11(14)8-15(6-4-10)9-12-13-5-7-16-12/h5,7,10-11H,2-4,6,8-9H2,1H3/t10-,11-/m0/s1. The van der Waals surface area contributed by atoms with Crippen molar-refractivity contribution in [3.63, 3.8) is 0 Å². The summed E-state index contributed by atoms with van der Waals surface area (Å²) in [5.41, 5.74) is 0. The molecule has 0 amide bonds. The molecular weight excluding hydrogens is 218 g/mol. The van der Waals surface area contributed by atoms with Crippen molar-refractivity contribution in [2.75, 3.05) is 20.1 Å². The first-order valence-corrected chi connectivity index (χ1v) is 7.03. The smallest absolute Gasteiger partial charge is 0.107 e. The van der Waals surface area contributed by atoms with Gasteiger partial charge in [-0.05, 0) is 26.3 Å². The third kappa shape index (κ3) is 2.01. The number of fused-ring (bicyclic) bond motifs is 2. The lowest BCUT2D eigenvalue weighted by Gasteiger charge is -2.24. The van der Waals surface area contributed by atoms with Gasteiger partial charge in [-0.2, -0.15) is 0 Å². The highest BCUT2D eigenvalue weighted by atomic mass is 32.1. The number of nitrogens with zero attached hydrogens (tertiary/aromatic N) is 3. The Labute approximate surface area is 101 Å². The Kier molecular flexibility index (Phi) is 2.96. The summed E-state index contributed by atoms with van der Waals surface area (Å²) in [5.74, 6) is 0. The van der Waals surface area contributed by atoms with Crippen molar-refractivity contribution in [2.45, 2.75) is 37.9 Å². The van der Waals surface area contributed by atoms with Gasteiger partial charge in [0.15, 0.2) is 0 Å². The van der Waals surface area contributed by atoms with Crippen LogP contribution < -0.4 is 0 Å². The molecule has 0 aliphatic carbocycles. The molecule has 88 valence electrons. The van der Waals surface area contributed by atoms with Gasteiger partial charge in [0, 0.05) is 36.8 Å². The molecule has 3 rings (SSSR count). The lowest BCUT2D eigenvalue weighted by atomic mass is 10.1. The average Bonchev–Trinajstić information content (AvgIpc) is 2.82. The van der Waals surface area contributed by atoms with Crippen molar-refractivity contribution >= 4 is 11.3 Å². The zero-order chi connectivity index (χ0) is 11.0. The van der Waals surface area contributed by atoms with Crippen LogP contribution in [0.5, 0.6) is 0 Å². The van der Waals surface area contributed by atoms with Crippen LogP contribution in [0.15, 0.2) is 11.6 Å². The molecule has 0 aromatic carbocycles. The second-order valence-corrected chi connectivity index (χ2v) is 5.98. The second-order valence-electron chi connectivity index (χ2n) is 5.00. The lowest BCUT2D eigenvalue weighted by molar-refractivity contribution is 0.214. The largest absolute Gasteiger partial charge is 0.299 e. The zero-order valence-electron chi connectivity index (χ0n) is 9.80. The normalized spacial score (nSPS) is 31.8. The number of likely N-dealkylation sites (N-methyl/N-ethyl adjacent to an activating group) is 1. The fraction of sp³-hybridized carbons (Fsp3) is 0.750. The van der Waals surface area contributed by atoms with Gasteiger partial charge in [-0.15, -0.1) is 11.3 Å². The average molecular weight is 237 g/mol. The van der Waals surface area contributed by atoms with Crippen molar-refractivity contribution in [1.82, 2.24) is 14.8 Å². The van der Waals surface area contributed by atoms with E-state index in [9.17, 15) is 0 Å². The van der Waals surface area contributed by atoms with Crippen molar-refractivity contribution in [2.24, 2.45) is 0 Å². The zero-order valence-corrected chi connectivity index (χ0v) is 10.6. The monoisotopic (exact) mass is 237 g/mol. The molecule has 0 spiro atoms. The molecular formula is C12H19N3S. The minimum atomic E-state index is 0.785. The summed E-state index contributed by atoms with van der Waals surface area (Å²) >= 11 is 1.78. The molecule has 2 aliphatic rings. The van der Waals surface area contributed by atoms with Gasteiger partial charge in [0.1, 0.15) is 5.01 Å². The number of rotatable bonds is 2. The Hall–Kier alpha value is -0.450. The van der Waals surface area contributed by atoms with Gasteiger partial charge in [-0.25, -0.2) is 4.98 Å². The van der Waals surface area contributed by atoms with Gasteiger partial charge in [-0.3, -0.25) is 9.80 Å². The first-order valence-electron chi connectivity index (χ1n) is 6.15. The topological polar surface area (TPSA) is 19.4 Å². The summed E-state index contributed by atoms with van der Waals surface area (Å²) in [4.78, 5) is 9.57. The van der Waals surface area contributed by atoms with Crippen LogP contribution in [0.25, 0.3) is 0 Å². The molecule has 2 aliphatic heterocycles. The Morgan fingerprint density at radius 3 is 3.06 bits per heavy atom. The van der Waals surface area contributed by atoms with Gasteiger partial charge in [-0.1, -0.05) is 0 Å². The molecule has 3 heterocycles. The van der Waals surface area contributed by atoms with E-state index in [0.717, 1.165) is 18.6 Å². The highest BCUT2D eigenvalue weighted by molar-refractivity contribution is 7.09. The van der Waals surface area contributed by atoms with Crippen LogP contribution in [-0.2, 0) is 6.54 Å². The van der Waals surface area contributed by atoms with Crippen molar-refractivity contribution < 1.29 is 0 Å². The molecule has 0 N–H and O–H groups in total. The number of thiazole rings is 1. The molecule has 16 heavy (non-hydrogen) atoms. The molecule has 4 heteroatoms. The van der Waals surface area contributed by atoms with Crippen molar-refractivity contribution in [1.29, 1.82) is 0 Å². The van der Waals surface area contributed by atoms with Gasteiger partial charge >= 0.3 is 0 Å². The van der Waals surface area contributed by atoms with Crippen LogP contribution in [0, 0.1) is 0 Å². The number of aromatic nitrogens is 1. The summed E-state index contributed by atoms with van der Waals surface area (Å²) in [6.45, 7) is 3.52. The fourth-order valence-electron chi connectivity index (χ4n) is 3.05. The molecule has 2 fully saturated rings. The Balaban J connectivity index is 1.65. The first-order chi connectivity index (χ1) is 7.83. The van der Waals surface area contributed by atoms with E-state index >= 15 is 0 Å². The quantitative estimate of drug-likeness (QED) is 0.782. The van der Waals surface area contributed by atoms with E-state index in [0.29, 0.717) is 0 Å². The van der Waals surface area contributed by atoms with Crippen LogP contribution in [0.3, 0.4) is 0 Å². The Morgan fingerprint density at radius 1 is 1.38 bits per heavy atom. The maximum absolute atomic E-state index is 4.39. The highest BCUT2D eigenvalue weighted by Crippen LogP contribution is 2.29.